The summed E-state index contributed by atoms with van der Waals surface area (Å²) in [5, 5.41) is 3.61. The van der Waals surface area contributed by atoms with E-state index in [0.29, 0.717) is 33.8 Å². The van der Waals surface area contributed by atoms with Crippen LogP contribution >= 0.6 is 15.9 Å². The molecule has 0 spiro atoms. The van der Waals surface area contributed by atoms with Gasteiger partial charge in [0.2, 0.25) is 0 Å². The van der Waals surface area contributed by atoms with Crippen molar-refractivity contribution < 1.29 is 19.1 Å². The molecule has 0 radical (unpaired) electrons. The van der Waals surface area contributed by atoms with Crippen molar-refractivity contribution in [2.75, 3.05) is 19.5 Å². The van der Waals surface area contributed by atoms with E-state index in [9.17, 15) is 9.59 Å². The van der Waals surface area contributed by atoms with Gasteiger partial charge < -0.3 is 14.8 Å². The number of amides is 1. The van der Waals surface area contributed by atoms with Crippen LogP contribution in [0, 0.1) is 0 Å². The van der Waals surface area contributed by atoms with Gasteiger partial charge in [0.05, 0.1) is 36.6 Å². The van der Waals surface area contributed by atoms with E-state index in [2.05, 4.69) is 21.2 Å². The maximum atomic E-state index is 13.3. The molecule has 0 unspecified atom stereocenters. The molecule has 0 aliphatic carbocycles. The first kappa shape index (κ1) is 21.5. The summed E-state index contributed by atoms with van der Waals surface area (Å²) in [5.41, 5.74) is 3.64. The summed E-state index contributed by atoms with van der Waals surface area (Å²) in [6, 6.07) is 21.4. The zero-order valence-electron chi connectivity index (χ0n) is 17.4. The number of carbonyl (C=O) groups is 2. The van der Waals surface area contributed by atoms with Crippen molar-refractivity contribution in [3.05, 3.63) is 88.4 Å². The molecule has 1 aromatic heterocycles. The Morgan fingerprint density at radius 2 is 1.72 bits per heavy atom. The van der Waals surface area contributed by atoms with Gasteiger partial charge in [-0.25, -0.2) is 9.78 Å². The highest BCUT2D eigenvalue weighted by atomic mass is 79.9. The molecule has 0 bridgehead atoms. The molecule has 0 saturated carbocycles. The van der Waals surface area contributed by atoms with E-state index in [1.54, 1.807) is 37.4 Å². The Morgan fingerprint density at radius 3 is 2.44 bits per heavy atom. The second kappa shape index (κ2) is 9.20. The van der Waals surface area contributed by atoms with Crippen LogP contribution in [0.1, 0.15) is 20.7 Å². The van der Waals surface area contributed by atoms with Crippen LogP contribution in [-0.2, 0) is 4.74 Å². The van der Waals surface area contributed by atoms with Gasteiger partial charge in [0.1, 0.15) is 5.75 Å². The lowest BCUT2D eigenvalue weighted by molar-refractivity contribution is 0.0600. The molecule has 1 heterocycles. The largest absolute Gasteiger partial charge is 0.497 e. The topological polar surface area (TPSA) is 77.5 Å². The molecule has 4 rings (SSSR count). The number of ether oxygens (including phenoxy) is 2. The number of halogens is 1. The standard InChI is InChI=1S/C25H19BrN2O4/c1-31-19-5-3-4-16(12-19)23-14-21(20-13-17(26)8-11-22(20)28-23)24(29)27-18-9-6-15(7-10-18)25(30)32-2/h3-14H,1-2H3,(H,27,29). The van der Waals surface area contributed by atoms with E-state index >= 15 is 0 Å². The van der Waals surface area contributed by atoms with Gasteiger partial charge in [-0.15, -0.1) is 0 Å². The summed E-state index contributed by atoms with van der Waals surface area (Å²) >= 11 is 3.47. The van der Waals surface area contributed by atoms with Crippen LogP contribution in [0.3, 0.4) is 0 Å². The summed E-state index contributed by atoms with van der Waals surface area (Å²) in [6.45, 7) is 0. The fraction of sp³-hybridized carbons (Fsp3) is 0.0800. The zero-order chi connectivity index (χ0) is 22.7. The minimum absolute atomic E-state index is 0.287. The normalized spacial score (nSPS) is 10.6. The van der Waals surface area contributed by atoms with Gasteiger partial charge in [-0.1, -0.05) is 28.1 Å². The monoisotopic (exact) mass is 490 g/mol. The highest BCUT2D eigenvalue weighted by Crippen LogP contribution is 2.29. The lowest BCUT2D eigenvalue weighted by Crippen LogP contribution is -2.13. The second-order valence-electron chi connectivity index (χ2n) is 6.97. The molecule has 0 aliphatic rings. The quantitative estimate of drug-likeness (QED) is 0.362. The molecular formula is C25H19BrN2O4. The Kier molecular flexibility index (Phi) is 6.18. The maximum Gasteiger partial charge on any atom is 0.337 e. The average Bonchev–Trinajstić information content (AvgIpc) is 2.83. The molecule has 0 atom stereocenters. The van der Waals surface area contributed by atoms with Crippen LogP contribution in [-0.4, -0.2) is 31.1 Å². The lowest BCUT2D eigenvalue weighted by Gasteiger charge is -2.12. The number of fused-ring (bicyclic) bond motifs is 1. The number of benzene rings is 3. The van der Waals surface area contributed by atoms with Gasteiger partial charge in [-0.2, -0.15) is 0 Å². The summed E-state index contributed by atoms with van der Waals surface area (Å²) in [4.78, 5) is 29.6. The van der Waals surface area contributed by atoms with Crippen molar-refractivity contribution in [1.29, 1.82) is 0 Å². The number of nitrogens with one attached hydrogen (secondary N) is 1. The summed E-state index contributed by atoms with van der Waals surface area (Å²) in [5.74, 6) is -0.0156. The summed E-state index contributed by atoms with van der Waals surface area (Å²) in [7, 11) is 2.93. The molecule has 7 heteroatoms. The lowest BCUT2D eigenvalue weighted by atomic mass is 10.0. The Labute approximate surface area is 193 Å². The van der Waals surface area contributed by atoms with Gasteiger partial charge >= 0.3 is 5.97 Å². The number of methoxy groups -OCH3 is 2. The zero-order valence-corrected chi connectivity index (χ0v) is 19.0. The third kappa shape index (κ3) is 4.48. The molecule has 0 fully saturated rings. The van der Waals surface area contributed by atoms with Crippen molar-refractivity contribution in [3.63, 3.8) is 0 Å². The predicted octanol–water partition coefficient (Wildman–Crippen LogP) is 5.71. The molecule has 1 amide bonds. The first-order valence-corrected chi connectivity index (χ1v) is 10.5. The predicted molar refractivity (Wildman–Crippen MR) is 127 cm³/mol. The van der Waals surface area contributed by atoms with E-state index in [4.69, 9.17) is 14.5 Å². The van der Waals surface area contributed by atoms with Gasteiger partial charge in [0.15, 0.2) is 0 Å². The number of aromatic nitrogens is 1. The highest BCUT2D eigenvalue weighted by molar-refractivity contribution is 9.10. The van der Waals surface area contributed by atoms with E-state index in [1.165, 1.54) is 7.11 Å². The Balaban J connectivity index is 1.75. The number of carbonyl (C=O) groups excluding carboxylic acids is 2. The molecule has 32 heavy (non-hydrogen) atoms. The smallest absolute Gasteiger partial charge is 0.337 e. The molecule has 4 aromatic rings. The molecule has 1 N–H and O–H groups in total. The number of pyridine rings is 1. The van der Waals surface area contributed by atoms with Crippen LogP contribution in [0.5, 0.6) is 5.75 Å². The number of rotatable bonds is 5. The summed E-state index contributed by atoms with van der Waals surface area (Å²) in [6.07, 6.45) is 0. The fourth-order valence-electron chi connectivity index (χ4n) is 3.32. The highest BCUT2D eigenvalue weighted by Gasteiger charge is 2.16. The Hall–Kier alpha value is -3.71. The van der Waals surface area contributed by atoms with Crippen LogP contribution in [0.15, 0.2) is 77.3 Å². The minimum Gasteiger partial charge on any atom is -0.497 e. The van der Waals surface area contributed by atoms with Crippen molar-refractivity contribution in [3.8, 4) is 17.0 Å². The minimum atomic E-state index is -0.434. The number of hydrogen-bond acceptors (Lipinski definition) is 5. The third-order valence-electron chi connectivity index (χ3n) is 4.94. The summed E-state index contributed by atoms with van der Waals surface area (Å²) < 4.78 is 10.9. The number of esters is 1. The van der Waals surface area contributed by atoms with E-state index < -0.39 is 5.97 Å². The average molecular weight is 491 g/mol. The van der Waals surface area contributed by atoms with Gasteiger partial charge in [-0.05, 0) is 60.7 Å². The van der Waals surface area contributed by atoms with Gasteiger partial charge in [0, 0.05) is 21.1 Å². The van der Waals surface area contributed by atoms with E-state index in [1.807, 2.05) is 42.5 Å². The van der Waals surface area contributed by atoms with E-state index in [-0.39, 0.29) is 5.91 Å². The SMILES string of the molecule is COC(=O)c1ccc(NC(=O)c2cc(-c3cccc(OC)c3)nc3ccc(Br)cc23)cc1. The van der Waals surface area contributed by atoms with Crippen LogP contribution in [0.25, 0.3) is 22.2 Å². The Bertz CT molecular complexity index is 1320. The Morgan fingerprint density at radius 1 is 0.938 bits per heavy atom. The van der Waals surface area contributed by atoms with E-state index in [0.717, 1.165) is 15.4 Å². The number of hydrogen-bond donors (Lipinski definition) is 1. The number of anilines is 1. The van der Waals surface area contributed by atoms with Crippen molar-refractivity contribution in [1.82, 2.24) is 4.98 Å². The fourth-order valence-corrected chi connectivity index (χ4v) is 3.68. The third-order valence-corrected chi connectivity index (χ3v) is 5.44. The van der Waals surface area contributed by atoms with Crippen molar-refractivity contribution in [2.24, 2.45) is 0 Å². The molecular weight excluding hydrogens is 472 g/mol. The van der Waals surface area contributed by atoms with Crippen molar-refractivity contribution >= 4 is 44.4 Å². The van der Waals surface area contributed by atoms with Crippen LogP contribution in [0.4, 0.5) is 5.69 Å². The molecule has 3 aromatic carbocycles. The van der Waals surface area contributed by atoms with Crippen LogP contribution < -0.4 is 10.1 Å². The first-order valence-electron chi connectivity index (χ1n) is 9.73. The maximum absolute atomic E-state index is 13.3. The first-order chi connectivity index (χ1) is 15.5. The van der Waals surface area contributed by atoms with Crippen LogP contribution in [0.2, 0.25) is 0 Å². The molecule has 6 nitrogen and oxygen atoms in total. The number of nitrogens with zero attached hydrogens (tertiary/aromatic N) is 1. The molecule has 0 aliphatic heterocycles. The van der Waals surface area contributed by atoms with Crippen molar-refractivity contribution in [2.45, 2.75) is 0 Å². The molecule has 160 valence electrons. The second-order valence-corrected chi connectivity index (χ2v) is 7.89. The van der Waals surface area contributed by atoms with Gasteiger partial charge in [0.25, 0.3) is 5.91 Å². The molecule has 0 saturated heterocycles. The van der Waals surface area contributed by atoms with Gasteiger partial charge in [-0.3, -0.25) is 4.79 Å².